The Morgan fingerprint density at radius 1 is 1.41 bits per heavy atom. The van der Waals surface area contributed by atoms with E-state index in [1.54, 1.807) is 29.5 Å². The highest BCUT2D eigenvalue weighted by molar-refractivity contribution is 5.84. The number of carbonyl (C=O) groups excluding carboxylic acids is 1. The maximum absolute atomic E-state index is 11.0. The quantitative estimate of drug-likeness (QED) is 0.751. The summed E-state index contributed by atoms with van der Waals surface area (Å²) in [6, 6.07) is 0. The summed E-state index contributed by atoms with van der Waals surface area (Å²) < 4.78 is 1.78. The van der Waals surface area contributed by atoms with Crippen molar-refractivity contribution in [1.29, 1.82) is 0 Å². The van der Waals surface area contributed by atoms with E-state index in [1.165, 1.54) is 0 Å². The van der Waals surface area contributed by atoms with Gasteiger partial charge in [0.05, 0.1) is 11.8 Å². The van der Waals surface area contributed by atoms with Gasteiger partial charge in [-0.3, -0.25) is 19.4 Å². The van der Waals surface area contributed by atoms with Gasteiger partial charge in [0.2, 0.25) is 0 Å². The lowest BCUT2D eigenvalue weighted by Crippen LogP contribution is -2.04. The van der Waals surface area contributed by atoms with Gasteiger partial charge in [0.15, 0.2) is 6.29 Å². The zero-order valence-electron chi connectivity index (χ0n) is 9.87. The molecule has 17 heavy (non-hydrogen) atoms. The molecule has 0 atom stereocenters. The van der Waals surface area contributed by atoms with Gasteiger partial charge in [0, 0.05) is 25.1 Å². The molecule has 0 radical (unpaired) electrons. The van der Waals surface area contributed by atoms with Crippen LogP contribution in [0, 0.1) is 5.92 Å². The van der Waals surface area contributed by atoms with Crippen molar-refractivity contribution in [3.8, 4) is 11.4 Å². The molecule has 0 unspecified atom stereocenters. The predicted molar refractivity (Wildman–Crippen MR) is 63.5 cm³/mol. The molecular formula is C12H14N4O. The molecule has 0 aliphatic rings. The number of hydrogen-bond acceptors (Lipinski definition) is 4. The maximum Gasteiger partial charge on any atom is 0.153 e. The smallest absolute Gasteiger partial charge is 0.153 e. The topological polar surface area (TPSA) is 60.7 Å². The molecule has 2 rings (SSSR count). The predicted octanol–water partition coefficient (Wildman–Crippen LogP) is 1.81. The summed E-state index contributed by atoms with van der Waals surface area (Å²) in [7, 11) is 0. The minimum Gasteiger partial charge on any atom is -0.298 e. The van der Waals surface area contributed by atoms with Crippen molar-refractivity contribution >= 4 is 6.29 Å². The third-order valence-corrected chi connectivity index (χ3v) is 2.27. The number of rotatable bonds is 4. The standard InChI is InChI=1S/C12H14N4O/c1-9(2)6-16-7-10(8-17)12(15-16)11-5-13-3-4-14-11/h3-5,7-9H,6H2,1-2H3. The molecule has 0 spiro atoms. The zero-order chi connectivity index (χ0) is 12.3. The van der Waals surface area contributed by atoms with Crippen LogP contribution >= 0.6 is 0 Å². The van der Waals surface area contributed by atoms with E-state index < -0.39 is 0 Å². The normalized spacial score (nSPS) is 10.8. The zero-order valence-corrected chi connectivity index (χ0v) is 9.87. The second-order valence-corrected chi connectivity index (χ2v) is 4.26. The van der Waals surface area contributed by atoms with E-state index in [9.17, 15) is 4.79 Å². The van der Waals surface area contributed by atoms with E-state index in [0.717, 1.165) is 12.8 Å². The van der Waals surface area contributed by atoms with E-state index in [2.05, 4.69) is 28.9 Å². The summed E-state index contributed by atoms with van der Waals surface area (Å²) in [6.45, 7) is 4.98. The van der Waals surface area contributed by atoms with Gasteiger partial charge in [-0.1, -0.05) is 13.8 Å². The molecule has 0 amide bonds. The fraction of sp³-hybridized carbons (Fsp3) is 0.333. The van der Waals surface area contributed by atoms with E-state index in [1.807, 2.05) is 0 Å². The third-order valence-electron chi connectivity index (χ3n) is 2.27. The average molecular weight is 230 g/mol. The SMILES string of the molecule is CC(C)Cn1cc(C=O)c(-c2cnccn2)n1. The van der Waals surface area contributed by atoms with E-state index in [0.29, 0.717) is 22.9 Å². The van der Waals surface area contributed by atoms with Gasteiger partial charge in [0.25, 0.3) is 0 Å². The molecule has 2 heterocycles. The lowest BCUT2D eigenvalue weighted by molar-refractivity contribution is 0.112. The van der Waals surface area contributed by atoms with Crippen molar-refractivity contribution in [3.05, 3.63) is 30.4 Å². The summed E-state index contributed by atoms with van der Waals surface area (Å²) >= 11 is 0. The highest BCUT2D eigenvalue weighted by atomic mass is 16.1. The number of carbonyl (C=O) groups is 1. The van der Waals surface area contributed by atoms with Crippen LogP contribution in [0.15, 0.2) is 24.8 Å². The summed E-state index contributed by atoms with van der Waals surface area (Å²) in [5.74, 6) is 0.476. The third kappa shape index (κ3) is 2.55. The monoisotopic (exact) mass is 230 g/mol. The Labute approximate surface area is 99.5 Å². The summed E-state index contributed by atoms with van der Waals surface area (Å²) in [5, 5.41) is 4.37. The minimum absolute atomic E-state index is 0.476. The van der Waals surface area contributed by atoms with Crippen LogP contribution in [0.5, 0.6) is 0 Å². The Hall–Kier alpha value is -2.04. The largest absolute Gasteiger partial charge is 0.298 e. The van der Waals surface area contributed by atoms with Crippen LogP contribution in [0.25, 0.3) is 11.4 Å². The Bertz CT molecular complexity index is 504. The molecule has 5 heteroatoms. The summed E-state index contributed by atoms with van der Waals surface area (Å²) in [6.07, 6.45) is 7.33. The van der Waals surface area contributed by atoms with Gasteiger partial charge < -0.3 is 0 Å². The van der Waals surface area contributed by atoms with Gasteiger partial charge >= 0.3 is 0 Å². The Balaban J connectivity index is 2.40. The minimum atomic E-state index is 0.476. The van der Waals surface area contributed by atoms with Crippen molar-refractivity contribution in [1.82, 2.24) is 19.7 Å². The van der Waals surface area contributed by atoms with Gasteiger partial charge in [0.1, 0.15) is 11.4 Å². The Morgan fingerprint density at radius 2 is 2.24 bits per heavy atom. The van der Waals surface area contributed by atoms with Crippen molar-refractivity contribution in [2.24, 2.45) is 5.92 Å². The molecule has 5 nitrogen and oxygen atoms in total. The highest BCUT2D eigenvalue weighted by Crippen LogP contribution is 2.17. The van der Waals surface area contributed by atoms with Crippen LogP contribution in [0.3, 0.4) is 0 Å². The highest BCUT2D eigenvalue weighted by Gasteiger charge is 2.12. The van der Waals surface area contributed by atoms with E-state index >= 15 is 0 Å². The molecule has 0 fully saturated rings. The number of nitrogens with zero attached hydrogens (tertiary/aromatic N) is 4. The molecule has 0 aromatic carbocycles. The molecule has 0 aliphatic heterocycles. The first-order valence-corrected chi connectivity index (χ1v) is 5.49. The lowest BCUT2D eigenvalue weighted by Gasteiger charge is -2.03. The second kappa shape index (κ2) is 4.86. The van der Waals surface area contributed by atoms with Gasteiger partial charge in [-0.2, -0.15) is 5.10 Å². The molecule has 0 bridgehead atoms. The van der Waals surface area contributed by atoms with Crippen molar-refractivity contribution in [2.75, 3.05) is 0 Å². The molecule has 0 saturated carbocycles. The average Bonchev–Trinajstić information content (AvgIpc) is 2.72. The molecule has 88 valence electrons. The first-order valence-electron chi connectivity index (χ1n) is 5.49. The summed E-state index contributed by atoms with van der Waals surface area (Å²) in [4.78, 5) is 19.1. The molecule has 2 aromatic rings. The van der Waals surface area contributed by atoms with Gasteiger partial charge in [-0.05, 0) is 5.92 Å². The molecule has 2 aromatic heterocycles. The van der Waals surface area contributed by atoms with E-state index in [4.69, 9.17) is 0 Å². The molecular weight excluding hydrogens is 216 g/mol. The summed E-state index contributed by atoms with van der Waals surface area (Å²) in [5.41, 5.74) is 1.76. The van der Waals surface area contributed by atoms with Crippen LogP contribution in [0.2, 0.25) is 0 Å². The van der Waals surface area contributed by atoms with Crippen LogP contribution in [-0.2, 0) is 6.54 Å². The maximum atomic E-state index is 11.0. The van der Waals surface area contributed by atoms with Crippen molar-refractivity contribution in [2.45, 2.75) is 20.4 Å². The lowest BCUT2D eigenvalue weighted by atomic mass is 10.2. The van der Waals surface area contributed by atoms with Crippen LogP contribution < -0.4 is 0 Å². The number of aldehydes is 1. The Morgan fingerprint density at radius 3 is 2.82 bits per heavy atom. The molecule has 0 saturated heterocycles. The van der Waals surface area contributed by atoms with Crippen molar-refractivity contribution in [3.63, 3.8) is 0 Å². The van der Waals surface area contributed by atoms with E-state index in [-0.39, 0.29) is 0 Å². The fourth-order valence-electron chi connectivity index (χ4n) is 1.61. The second-order valence-electron chi connectivity index (χ2n) is 4.26. The van der Waals surface area contributed by atoms with Crippen LogP contribution in [0.4, 0.5) is 0 Å². The van der Waals surface area contributed by atoms with Crippen LogP contribution in [-0.4, -0.2) is 26.0 Å². The van der Waals surface area contributed by atoms with Crippen LogP contribution in [0.1, 0.15) is 24.2 Å². The first-order chi connectivity index (χ1) is 8.20. The molecule has 0 N–H and O–H groups in total. The Kier molecular flexibility index (Phi) is 3.27. The van der Waals surface area contributed by atoms with Gasteiger partial charge in [-0.25, -0.2) is 0 Å². The number of hydrogen-bond donors (Lipinski definition) is 0. The van der Waals surface area contributed by atoms with Crippen molar-refractivity contribution < 1.29 is 4.79 Å². The molecule has 0 aliphatic carbocycles. The number of aromatic nitrogens is 4. The fourth-order valence-corrected chi connectivity index (χ4v) is 1.61. The first kappa shape index (κ1) is 11.4. The van der Waals surface area contributed by atoms with Gasteiger partial charge in [-0.15, -0.1) is 0 Å².